The lowest BCUT2D eigenvalue weighted by Gasteiger charge is -2.13. The molecule has 0 atom stereocenters. The van der Waals surface area contributed by atoms with Gasteiger partial charge in [-0.2, -0.15) is 0 Å². The summed E-state index contributed by atoms with van der Waals surface area (Å²) in [7, 11) is 0. The molecule has 2 amide bonds. The Hall–Kier alpha value is -5.85. The molecule has 0 aliphatic carbocycles. The molecule has 0 saturated heterocycles. The van der Waals surface area contributed by atoms with E-state index in [2.05, 4.69) is 22.8 Å². The second-order valence-electron chi connectivity index (χ2n) is 10.7. The van der Waals surface area contributed by atoms with Crippen molar-refractivity contribution < 1.29 is 19.1 Å². The predicted molar refractivity (Wildman–Crippen MR) is 187 cm³/mol. The van der Waals surface area contributed by atoms with Crippen LogP contribution in [0.15, 0.2) is 152 Å². The highest BCUT2D eigenvalue weighted by Crippen LogP contribution is 2.33. The molecular formula is C40H31ClN2O4. The molecule has 6 aromatic rings. The molecule has 0 saturated carbocycles. The van der Waals surface area contributed by atoms with Crippen molar-refractivity contribution in [2.45, 2.75) is 6.42 Å². The van der Waals surface area contributed by atoms with E-state index in [-0.39, 0.29) is 17.4 Å². The molecule has 6 rings (SSSR count). The molecule has 232 valence electrons. The Bertz CT molecular complexity index is 1960. The maximum absolute atomic E-state index is 13.2. The van der Waals surface area contributed by atoms with Crippen molar-refractivity contribution in [2.24, 2.45) is 0 Å². The fourth-order valence-corrected chi connectivity index (χ4v) is 5.16. The van der Waals surface area contributed by atoms with Gasteiger partial charge in [-0.25, -0.2) is 0 Å². The number of rotatable bonds is 11. The van der Waals surface area contributed by atoms with Crippen molar-refractivity contribution in [1.29, 1.82) is 0 Å². The maximum Gasteiger partial charge on any atom is 0.255 e. The molecule has 0 aliphatic rings. The summed E-state index contributed by atoms with van der Waals surface area (Å²) in [6, 6.07) is 46.8. The first-order chi connectivity index (χ1) is 23.0. The molecule has 0 spiro atoms. The van der Waals surface area contributed by atoms with Gasteiger partial charge < -0.3 is 20.1 Å². The second kappa shape index (κ2) is 15.0. The summed E-state index contributed by atoms with van der Waals surface area (Å²) >= 11 is 6.23. The number of hydrogen-bond acceptors (Lipinski definition) is 4. The number of benzene rings is 6. The summed E-state index contributed by atoms with van der Waals surface area (Å²) in [5.41, 5.74) is 4.15. The number of carbonyl (C=O) groups is 2. The molecule has 0 bridgehead atoms. The Morgan fingerprint density at radius 1 is 0.596 bits per heavy atom. The lowest BCUT2D eigenvalue weighted by Crippen LogP contribution is -2.27. The minimum atomic E-state index is -0.358. The van der Waals surface area contributed by atoms with Crippen LogP contribution < -0.4 is 20.1 Å². The van der Waals surface area contributed by atoms with Gasteiger partial charge in [0.1, 0.15) is 23.0 Å². The van der Waals surface area contributed by atoms with E-state index in [0.29, 0.717) is 40.7 Å². The zero-order valence-electron chi connectivity index (χ0n) is 25.4. The van der Waals surface area contributed by atoms with Gasteiger partial charge in [-0.05, 0) is 90.3 Å². The Morgan fingerprint density at radius 3 is 1.91 bits per heavy atom. The number of para-hydroxylation sites is 3. The summed E-state index contributed by atoms with van der Waals surface area (Å²) in [5.74, 6) is 2.17. The SMILES string of the molecule is O=C(Nc1ccc(Cl)cc1C(=O)NCCc1ccc(-c2ccccc2Oc2ccccc2)cc1)c1ccc(Oc2ccccc2)cc1. The van der Waals surface area contributed by atoms with Crippen LogP contribution in [0, 0.1) is 0 Å². The van der Waals surface area contributed by atoms with Crippen LogP contribution in [0.25, 0.3) is 11.1 Å². The molecular weight excluding hydrogens is 608 g/mol. The van der Waals surface area contributed by atoms with Crippen molar-refractivity contribution in [2.75, 3.05) is 11.9 Å². The van der Waals surface area contributed by atoms with Crippen molar-refractivity contribution in [3.63, 3.8) is 0 Å². The fraction of sp³-hybridized carbons (Fsp3) is 0.0500. The zero-order chi connectivity index (χ0) is 32.4. The van der Waals surface area contributed by atoms with Gasteiger partial charge in [0.15, 0.2) is 0 Å². The average molecular weight is 639 g/mol. The number of nitrogens with one attached hydrogen (secondary N) is 2. The molecule has 2 N–H and O–H groups in total. The van der Waals surface area contributed by atoms with E-state index < -0.39 is 0 Å². The molecule has 0 radical (unpaired) electrons. The van der Waals surface area contributed by atoms with Crippen LogP contribution in [-0.2, 0) is 6.42 Å². The third-order valence-electron chi connectivity index (χ3n) is 7.39. The number of amides is 2. The topological polar surface area (TPSA) is 76.7 Å². The van der Waals surface area contributed by atoms with Gasteiger partial charge in [0.25, 0.3) is 11.8 Å². The fourth-order valence-electron chi connectivity index (χ4n) is 4.98. The number of carbonyl (C=O) groups excluding carboxylic acids is 2. The molecule has 7 heteroatoms. The zero-order valence-corrected chi connectivity index (χ0v) is 26.1. The van der Waals surface area contributed by atoms with Gasteiger partial charge in [0.05, 0.1) is 11.3 Å². The number of ether oxygens (including phenoxy) is 2. The van der Waals surface area contributed by atoms with Gasteiger partial charge >= 0.3 is 0 Å². The predicted octanol–water partition coefficient (Wildman–Crippen LogP) is 9.82. The summed E-state index contributed by atoms with van der Waals surface area (Å²) in [4.78, 5) is 26.3. The first kappa shape index (κ1) is 31.1. The van der Waals surface area contributed by atoms with Crippen molar-refractivity contribution in [3.8, 4) is 34.1 Å². The van der Waals surface area contributed by atoms with E-state index in [0.717, 1.165) is 28.2 Å². The quantitative estimate of drug-likeness (QED) is 0.148. The monoisotopic (exact) mass is 638 g/mol. The molecule has 0 aliphatic heterocycles. The van der Waals surface area contributed by atoms with Crippen LogP contribution in [0.1, 0.15) is 26.3 Å². The first-order valence-electron chi connectivity index (χ1n) is 15.2. The second-order valence-corrected chi connectivity index (χ2v) is 11.1. The van der Waals surface area contributed by atoms with E-state index in [9.17, 15) is 9.59 Å². The van der Waals surface area contributed by atoms with Crippen LogP contribution in [-0.4, -0.2) is 18.4 Å². The van der Waals surface area contributed by atoms with Crippen LogP contribution in [0.2, 0.25) is 5.02 Å². The van der Waals surface area contributed by atoms with Gasteiger partial charge in [-0.3, -0.25) is 9.59 Å². The standard InChI is InChI=1S/C40H31ClN2O4/c41-31-21-24-37(43-39(44)30-19-22-34(23-20-30)46-32-9-3-1-4-10-32)36(27-31)40(45)42-26-25-28-15-17-29(18-16-28)35-13-7-8-14-38(35)47-33-11-5-2-6-12-33/h1-24,27H,25-26H2,(H,42,45)(H,43,44). The number of hydrogen-bond donors (Lipinski definition) is 2. The molecule has 0 heterocycles. The van der Waals surface area contributed by atoms with Gasteiger partial charge in [0.2, 0.25) is 0 Å². The largest absolute Gasteiger partial charge is 0.457 e. The molecule has 6 aromatic carbocycles. The minimum Gasteiger partial charge on any atom is -0.457 e. The van der Waals surface area contributed by atoms with Crippen LogP contribution in [0.4, 0.5) is 5.69 Å². The molecule has 6 nitrogen and oxygen atoms in total. The lowest BCUT2D eigenvalue weighted by molar-refractivity contribution is 0.0955. The minimum absolute atomic E-state index is 0.278. The van der Waals surface area contributed by atoms with Crippen molar-refractivity contribution >= 4 is 29.1 Å². The van der Waals surface area contributed by atoms with Crippen LogP contribution in [0.5, 0.6) is 23.0 Å². The molecule has 0 unspecified atom stereocenters. The normalized spacial score (nSPS) is 10.6. The summed E-state index contributed by atoms with van der Waals surface area (Å²) in [6.45, 7) is 0.397. The average Bonchev–Trinajstić information content (AvgIpc) is 3.11. The third kappa shape index (κ3) is 8.25. The Labute approximate surface area is 278 Å². The summed E-state index contributed by atoms with van der Waals surface area (Å²) in [6.07, 6.45) is 0.619. The number of halogens is 1. The van der Waals surface area contributed by atoms with E-state index in [4.69, 9.17) is 21.1 Å². The molecule has 0 aromatic heterocycles. The van der Waals surface area contributed by atoms with Gasteiger partial charge in [-0.1, -0.05) is 90.5 Å². The van der Waals surface area contributed by atoms with Crippen LogP contribution >= 0.6 is 11.6 Å². The Balaban J connectivity index is 1.06. The van der Waals surface area contributed by atoms with E-state index >= 15 is 0 Å². The summed E-state index contributed by atoms with van der Waals surface area (Å²) in [5, 5.41) is 6.19. The maximum atomic E-state index is 13.2. The highest BCUT2D eigenvalue weighted by atomic mass is 35.5. The van der Waals surface area contributed by atoms with E-state index in [1.165, 1.54) is 0 Å². The highest BCUT2D eigenvalue weighted by Gasteiger charge is 2.16. The van der Waals surface area contributed by atoms with Crippen molar-refractivity contribution in [1.82, 2.24) is 5.32 Å². The molecule has 0 fully saturated rings. The van der Waals surface area contributed by atoms with Crippen molar-refractivity contribution in [3.05, 3.63) is 173 Å². The highest BCUT2D eigenvalue weighted by molar-refractivity contribution is 6.31. The Morgan fingerprint density at radius 2 is 1.21 bits per heavy atom. The van der Waals surface area contributed by atoms with E-state index in [1.54, 1.807) is 42.5 Å². The third-order valence-corrected chi connectivity index (χ3v) is 7.63. The van der Waals surface area contributed by atoms with Crippen LogP contribution in [0.3, 0.4) is 0 Å². The van der Waals surface area contributed by atoms with E-state index in [1.807, 2.05) is 97.1 Å². The smallest absolute Gasteiger partial charge is 0.255 e. The Kier molecular flexibility index (Phi) is 9.91. The van der Waals surface area contributed by atoms with Gasteiger partial charge in [0, 0.05) is 22.7 Å². The molecule has 47 heavy (non-hydrogen) atoms. The number of anilines is 1. The first-order valence-corrected chi connectivity index (χ1v) is 15.5. The lowest BCUT2D eigenvalue weighted by atomic mass is 10.0. The summed E-state index contributed by atoms with van der Waals surface area (Å²) < 4.78 is 11.9. The van der Waals surface area contributed by atoms with Gasteiger partial charge in [-0.15, -0.1) is 0 Å².